The van der Waals surface area contributed by atoms with E-state index in [1.54, 1.807) is 31.3 Å². The Morgan fingerprint density at radius 3 is 2.77 bits per heavy atom. The fourth-order valence-corrected chi connectivity index (χ4v) is 2.39. The topological polar surface area (TPSA) is 76.1 Å². The first-order valence-corrected chi connectivity index (χ1v) is 7.37. The molecule has 22 heavy (non-hydrogen) atoms. The minimum Gasteiger partial charge on any atom is -0.492 e. The van der Waals surface area contributed by atoms with Crippen molar-refractivity contribution >= 4 is 23.5 Å². The summed E-state index contributed by atoms with van der Waals surface area (Å²) in [4.78, 5) is 24.4. The lowest BCUT2D eigenvalue weighted by molar-refractivity contribution is -0.154. The summed E-state index contributed by atoms with van der Waals surface area (Å²) in [6.45, 7) is 0.695. The molecule has 6 nitrogen and oxygen atoms in total. The fraction of sp³-hybridized carbons (Fsp3) is 0.467. The highest BCUT2D eigenvalue weighted by Gasteiger charge is 2.35. The molecule has 2 atom stereocenters. The molecule has 1 fully saturated rings. The second kappa shape index (κ2) is 7.47. The van der Waals surface area contributed by atoms with Crippen LogP contribution in [0.15, 0.2) is 24.3 Å². The SMILES string of the molecule is CN(CCOc1cccc(Cl)c1)C(=O)[C@@H]1CC[C@H](C(=O)O)O1. The Hall–Kier alpha value is -1.79. The van der Waals surface area contributed by atoms with Crippen molar-refractivity contribution in [2.24, 2.45) is 0 Å². The average Bonchev–Trinajstić information content (AvgIpc) is 2.96. The normalized spacial score (nSPS) is 20.6. The molecular weight excluding hydrogens is 310 g/mol. The second-order valence-electron chi connectivity index (χ2n) is 5.09. The largest absolute Gasteiger partial charge is 0.492 e. The Bertz CT molecular complexity index is 550. The number of benzene rings is 1. The van der Waals surface area contributed by atoms with Gasteiger partial charge in [0.2, 0.25) is 0 Å². The smallest absolute Gasteiger partial charge is 0.332 e. The van der Waals surface area contributed by atoms with Crippen LogP contribution in [0.4, 0.5) is 0 Å². The molecule has 1 aromatic rings. The van der Waals surface area contributed by atoms with Gasteiger partial charge in [-0.05, 0) is 31.0 Å². The van der Waals surface area contributed by atoms with Crippen molar-refractivity contribution in [2.75, 3.05) is 20.2 Å². The number of likely N-dealkylation sites (N-methyl/N-ethyl adjacent to an activating group) is 1. The minimum absolute atomic E-state index is 0.224. The van der Waals surface area contributed by atoms with Gasteiger partial charge in [-0.1, -0.05) is 17.7 Å². The third-order valence-electron chi connectivity index (χ3n) is 3.44. The number of halogens is 1. The molecule has 0 spiro atoms. The van der Waals surface area contributed by atoms with Crippen molar-refractivity contribution in [2.45, 2.75) is 25.0 Å². The Kier molecular flexibility index (Phi) is 5.63. The number of amides is 1. The van der Waals surface area contributed by atoms with Gasteiger partial charge in [0.15, 0.2) is 6.10 Å². The Morgan fingerprint density at radius 2 is 2.14 bits per heavy atom. The van der Waals surface area contributed by atoms with Gasteiger partial charge in [0.25, 0.3) is 5.91 Å². The first-order chi connectivity index (χ1) is 10.5. The molecule has 7 heteroatoms. The molecule has 1 aliphatic rings. The van der Waals surface area contributed by atoms with Crippen LogP contribution in [0.3, 0.4) is 0 Å². The highest BCUT2D eigenvalue weighted by atomic mass is 35.5. The number of nitrogens with zero attached hydrogens (tertiary/aromatic N) is 1. The molecule has 0 unspecified atom stereocenters. The molecule has 1 heterocycles. The molecule has 0 bridgehead atoms. The molecule has 1 N–H and O–H groups in total. The van der Waals surface area contributed by atoms with E-state index in [-0.39, 0.29) is 5.91 Å². The average molecular weight is 328 g/mol. The zero-order valence-electron chi connectivity index (χ0n) is 12.2. The lowest BCUT2D eigenvalue weighted by Gasteiger charge is -2.21. The summed E-state index contributed by atoms with van der Waals surface area (Å²) in [6, 6.07) is 7.01. The molecule has 1 amide bonds. The maximum atomic E-state index is 12.1. The van der Waals surface area contributed by atoms with Crippen LogP contribution in [0.5, 0.6) is 5.75 Å². The molecule has 1 aliphatic heterocycles. The maximum Gasteiger partial charge on any atom is 0.332 e. The van der Waals surface area contributed by atoms with Crippen molar-refractivity contribution in [1.82, 2.24) is 4.90 Å². The lowest BCUT2D eigenvalue weighted by atomic mass is 10.2. The number of carboxylic acids is 1. The van der Waals surface area contributed by atoms with Crippen LogP contribution in [0.2, 0.25) is 5.02 Å². The Morgan fingerprint density at radius 1 is 1.41 bits per heavy atom. The van der Waals surface area contributed by atoms with E-state index in [1.165, 1.54) is 4.90 Å². The summed E-state index contributed by atoms with van der Waals surface area (Å²) in [7, 11) is 1.64. The van der Waals surface area contributed by atoms with E-state index >= 15 is 0 Å². The highest BCUT2D eigenvalue weighted by molar-refractivity contribution is 6.30. The van der Waals surface area contributed by atoms with Crippen LogP contribution in [0, 0.1) is 0 Å². The van der Waals surface area contributed by atoms with E-state index in [0.717, 1.165) is 0 Å². The van der Waals surface area contributed by atoms with Gasteiger partial charge in [-0.25, -0.2) is 4.79 Å². The molecule has 1 aromatic carbocycles. The predicted molar refractivity (Wildman–Crippen MR) is 80.1 cm³/mol. The number of hydrogen-bond donors (Lipinski definition) is 1. The molecule has 2 rings (SSSR count). The van der Waals surface area contributed by atoms with Gasteiger partial charge >= 0.3 is 5.97 Å². The lowest BCUT2D eigenvalue weighted by Crippen LogP contribution is -2.39. The highest BCUT2D eigenvalue weighted by Crippen LogP contribution is 2.21. The molecule has 0 saturated carbocycles. The van der Waals surface area contributed by atoms with Gasteiger partial charge < -0.3 is 19.5 Å². The minimum atomic E-state index is -1.03. The summed E-state index contributed by atoms with van der Waals surface area (Å²) in [5, 5.41) is 9.44. The van der Waals surface area contributed by atoms with Crippen molar-refractivity contribution in [3.63, 3.8) is 0 Å². The maximum absolute atomic E-state index is 12.1. The van der Waals surface area contributed by atoms with Crippen molar-refractivity contribution in [3.05, 3.63) is 29.3 Å². The first-order valence-electron chi connectivity index (χ1n) is 6.99. The van der Waals surface area contributed by atoms with E-state index in [9.17, 15) is 9.59 Å². The van der Waals surface area contributed by atoms with Crippen LogP contribution in [0.25, 0.3) is 0 Å². The van der Waals surface area contributed by atoms with E-state index in [2.05, 4.69) is 0 Å². The molecule has 0 radical (unpaired) electrons. The Labute approximate surface area is 133 Å². The molecule has 120 valence electrons. The van der Waals surface area contributed by atoms with Gasteiger partial charge in [-0.3, -0.25) is 4.79 Å². The molecule has 0 aliphatic carbocycles. The fourth-order valence-electron chi connectivity index (χ4n) is 2.21. The van der Waals surface area contributed by atoms with Gasteiger partial charge in [-0.15, -0.1) is 0 Å². The third-order valence-corrected chi connectivity index (χ3v) is 3.67. The number of carboxylic acid groups (broad SMARTS) is 1. The summed E-state index contributed by atoms with van der Waals surface area (Å²) in [5.41, 5.74) is 0. The van der Waals surface area contributed by atoms with Crippen LogP contribution in [-0.2, 0) is 14.3 Å². The molecule has 0 aromatic heterocycles. The summed E-state index contributed by atoms with van der Waals surface area (Å²) < 4.78 is 10.8. The number of rotatable bonds is 6. The zero-order chi connectivity index (χ0) is 16.1. The van der Waals surface area contributed by atoms with Crippen molar-refractivity contribution < 1.29 is 24.2 Å². The molecule has 1 saturated heterocycles. The van der Waals surface area contributed by atoms with Crippen LogP contribution >= 0.6 is 11.6 Å². The number of carbonyl (C=O) groups excluding carboxylic acids is 1. The van der Waals surface area contributed by atoms with Crippen molar-refractivity contribution in [1.29, 1.82) is 0 Å². The summed E-state index contributed by atoms with van der Waals surface area (Å²) >= 11 is 5.85. The Balaban J connectivity index is 1.76. The number of ether oxygens (including phenoxy) is 2. The zero-order valence-corrected chi connectivity index (χ0v) is 13.0. The standard InChI is InChI=1S/C15H18ClNO5/c1-17(7-8-21-11-4-2-3-10(16)9-11)14(18)12-5-6-13(22-12)15(19)20/h2-4,9,12-13H,5-8H2,1H3,(H,19,20)/t12-,13+/m0/s1. The van der Waals surface area contributed by atoms with E-state index in [1.807, 2.05) is 0 Å². The second-order valence-corrected chi connectivity index (χ2v) is 5.53. The monoisotopic (exact) mass is 327 g/mol. The predicted octanol–water partition coefficient (Wildman–Crippen LogP) is 1.81. The summed E-state index contributed by atoms with van der Waals surface area (Å²) in [5.74, 6) is -0.614. The van der Waals surface area contributed by atoms with E-state index in [0.29, 0.717) is 36.8 Å². The van der Waals surface area contributed by atoms with E-state index in [4.69, 9.17) is 26.2 Å². The van der Waals surface area contributed by atoms with Crippen LogP contribution in [0.1, 0.15) is 12.8 Å². The first kappa shape index (κ1) is 16.6. The quantitative estimate of drug-likeness (QED) is 0.862. The van der Waals surface area contributed by atoms with Crippen molar-refractivity contribution in [3.8, 4) is 5.75 Å². The third kappa shape index (κ3) is 4.35. The number of hydrogen-bond acceptors (Lipinski definition) is 4. The number of aliphatic carboxylic acids is 1. The van der Waals surface area contributed by atoms with Crippen LogP contribution < -0.4 is 4.74 Å². The number of carbonyl (C=O) groups is 2. The van der Waals surface area contributed by atoms with Gasteiger partial charge in [0.05, 0.1) is 6.54 Å². The van der Waals surface area contributed by atoms with Gasteiger partial charge in [0, 0.05) is 12.1 Å². The van der Waals surface area contributed by atoms with Gasteiger partial charge in [-0.2, -0.15) is 0 Å². The van der Waals surface area contributed by atoms with E-state index < -0.39 is 18.2 Å². The summed E-state index contributed by atoms with van der Waals surface area (Å²) in [6.07, 6.45) is -0.782. The van der Waals surface area contributed by atoms with Gasteiger partial charge in [0.1, 0.15) is 18.5 Å². The molecular formula is C15H18ClNO5. The van der Waals surface area contributed by atoms with Crippen LogP contribution in [-0.4, -0.2) is 54.3 Å².